The molecule has 31 heavy (non-hydrogen) atoms. The number of rotatable bonds is 5. The summed E-state index contributed by atoms with van der Waals surface area (Å²) in [5.41, 5.74) is 0.129. The fourth-order valence-electron chi connectivity index (χ4n) is 3.32. The highest BCUT2D eigenvalue weighted by Gasteiger charge is 2.30. The van der Waals surface area contributed by atoms with E-state index in [0.29, 0.717) is 37.4 Å². The number of hydrogen-bond donors (Lipinski definition) is 1. The van der Waals surface area contributed by atoms with E-state index in [4.69, 9.17) is 0 Å². The van der Waals surface area contributed by atoms with Gasteiger partial charge in [-0.1, -0.05) is 0 Å². The lowest BCUT2D eigenvalue weighted by atomic mass is 10.2. The Balaban J connectivity index is 1.63. The highest BCUT2D eigenvalue weighted by molar-refractivity contribution is 7.89. The minimum atomic E-state index is -4.07. The molecule has 1 aromatic heterocycles. The number of nitrogens with zero attached hydrogens (tertiary/aromatic N) is 5. The first-order valence-electron chi connectivity index (χ1n) is 9.43. The van der Waals surface area contributed by atoms with Crippen molar-refractivity contribution < 1.29 is 22.0 Å². The number of carbonyl (C=O) groups is 1. The number of halogens is 2. The molecule has 0 aliphatic carbocycles. The molecular weight excluding hydrogens is 430 g/mol. The maximum atomic E-state index is 14.3. The van der Waals surface area contributed by atoms with E-state index >= 15 is 0 Å². The van der Waals surface area contributed by atoms with Crippen molar-refractivity contribution in [2.75, 3.05) is 18.4 Å². The average molecular weight is 448 g/mol. The molecule has 0 bridgehead atoms. The van der Waals surface area contributed by atoms with Gasteiger partial charge in [0, 0.05) is 18.7 Å². The number of tetrazole rings is 1. The number of benzene rings is 2. The molecule has 0 atom stereocenters. The summed E-state index contributed by atoms with van der Waals surface area (Å²) in [5, 5.41) is 13.4. The van der Waals surface area contributed by atoms with Gasteiger partial charge in [-0.25, -0.2) is 17.2 Å². The number of sulfonamides is 1. The lowest BCUT2D eigenvalue weighted by molar-refractivity contribution is 0.102. The fraction of sp³-hybridized carbons (Fsp3) is 0.263. The number of amides is 1. The summed E-state index contributed by atoms with van der Waals surface area (Å²) in [6.45, 7) is 2.25. The lowest BCUT2D eigenvalue weighted by Gasteiger charge is -2.16. The molecule has 0 saturated carbocycles. The van der Waals surface area contributed by atoms with E-state index < -0.39 is 32.5 Å². The van der Waals surface area contributed by atoms with Gasteiger partial charge in [0.05, 0.1) is 11.4 Å². The van der Waals surface area contributed by atoms with Crippen LogP contribution in [0.5, 0.6) is 0 Å². The van der Waals surface area contributed by atoms with Gasteiger partial charge in [0.1, 0.15) is 16.5 Å². The summed E-state index contributed by atoms with van der Waals surface area (Å²) >= 11 is 0. The lowest BCUT2D eigenvalue weighted by Crippen LogP contribution is -2.29. The quantitative estimate of drug-likeness (QED) is 0.641. The third-order valence-electron chi connectivity index (χ3n) is 4.94. The molecule has 1 saturated heterocycles. The summed E-state index contributed by atoms with van der Waals surface area (Å²) in [5.74, 6) is -2.00. The van der Waals surface area contributed by atoms with E-state index in [1.54, 1.807) is 6.92 Å². The molecule has 1 N–H and O–H groups in total. The fourth-order valence-corrected chi connectivity index (χ4v) is 4.92. The SMILES string of the molecule is Cc1nnnn1-c1ccc(F)c(NC(=O)c2ccc(F)c(S(=O)(=O)N3CCCC3)c2)c1. The van der Waals surface area contributed by atoms with Crippen molar-refractivity contribution in [2.45, 2.75) is 24.7 Å². The molecule has 0 spiro atoms. The Bertz CT molecular complexity index is 1260. The first-order valence-corrected chi connectivity index (χ1v) is 10.9. The van der Waals surface area contributed by atoms with Crippen molar-refractivity contribution in [3.63, 3.8) is 0 Å². The van der Waals surface area contributed by atoms with Crippen LogP contribution in [0.3, 0.4) is 0 Å². The summed E-state index contributed by atoms with van der Waals surface area (Å²) in [6, 6.07) is 6.93. The van der Waals surface area contributed by atoms with E-state index in [9.17, 15) is 22.0 Å². The average Bonchev–Trinajstić information content (AvgIpc) is 3.42. The zero-order chi connectivity index (χ0) is 22.2. The molecule has 4 rings (SSSR count). The van der Waals surface area contributed by atoms with E-state index in [0.717, 1.165) is 24.3 Å². The third kappa shape index (κ3) is 4.03. The minimum Gasteiger partial charge on any atom is -0.319 e. The molecule has 1 aliphatic rings. The van der Waals surface area contributed by atoms with Crippen LogP contribution in [-0.2, 0) is 10.0 Å². The Hall–Kier alpha value is -3.25. The van der Waals surface area contributed by atoms with Gasteiger partial charge in [-0.05, 0) is 66.6 Å². The Kier molecular flexibility index (Phi) is 5.50. The van der Waals surface area contributed by atoms with Crippen LogP contribution in [0.25, 0.3) is 5.69 Å². The van der Waals surface area contributed by atoms with Crippen molar-refractivity contribution in [3.8, 4) is 5.69 Å². The standard InChI is InChI=1S/C19H18F2N6O3S/c1-12-23-24-25-27(12)14-5-7-15(20)17(11-14)22-19(28)13-4-6-16(21)18(10-13)31(29,30)26-8-2-3-9-26/h4-7,10-11H,2-3,8-9H2,1H3,(H,22,28). The largest absolute Gasteiger partial charge is 0.319 e. The highest BCUT2D eigenvalue weighted by atomic mass is 32.2. The maximum absolute atomic E-state index is 14.3. The predicted molar refractivity (Wildman–Crippen MR) is 106 cm³/mol. The molecule has 0 radical (unpaired) electrons. The smallest absolute Gasteiger partial charge is 0.255 e. The van der Waals surface area contributed by atoms with Crippen LogP contribution in [0.1, 0.15) is 29.0 Å². The Morgan fingerprint density at radius 1 is 1.06 bits per heavy atom. The van der Waals surface area contributed by atoms with Gasteiger partial charge in [0.15, 0.2) is 5.82 Å². The number of aryl methyl sites for hydroxylation is 1. The maximum Gasteiger partial charge on any atom is 0.255 e. The summed E-state index contributed by atoms with van der Waals surface area (Å²) in [7, 11) is -4.07. The third-order valence-corrected chi connectivity index (χ3v) is 6.86. The molecule has 162 valence electrons. The zero-order valence-corrected chi connectivity index (χ0v) is 17.2. The monoisotopic (exact) mass is 448 g/mol. The molecule has 2 aromatic carbocycles. The van der Waals surface area contributed by atoms with Gasteiger partial charge in [0.25, 0.3) is 5.91 Å². The summed E-state index contributed by atoms with van der Waals surface area (Å²) < 4.78 is 56.6. The number of aromatic nitrogens is 4. The van der Waals surface area contributed by atoms with Crippen molar-refractivity contribution in [2.24, 2.45) is 0 Å². The highest BCUT2D eigenvalue weighted by Crippen LogP contribution is 2.25. The van der Waals surface area contributed by atoms with Crippen LogP contribution in [0.4, 0.5) is 14.5 Å². The molecule has 9 nitrogen and oxygen atoms in total. The molecule has 1 aliphatic heterocycles. The number of hydrogen-bond acceptors (Lipinski definition) is 6. The van der Waals surface area contributed by atoms with E-state index in [1.807, 2.05) is 0 Å². The molecule has 1 fully saturated rings. The van der Waals surface area contributed by atoms with E-state index in [2.05, 4.69) is 20.8 Å². The summed E-state index contributed by atoms with van der Waals surface area (Å²) in [4.78, 5) is 12.1. The van der Waals surface area contributed by atoms with Crippen LogP contribution in [-0.4, -0.2) is 51.9 Å². The second-order valence-electron chi connectivity index (χ2n) is 7.01. The van der Waals surface area contributed by atoms with Gasteiger partial charge in [0.2, 0.25) is 10.0 Å². The topological polar surface area (TPSA) is 110 Å². The molecular formula is C19H18F2N6O3S. The van der Waals surface area contributed by atoms with Crippen LogP contribution in [0, 0.1) is 18.6 Å². The second kappa shape index (κ2) is 8.12. The van der Waals surface area contributed by atoms with Crippen LogP contribution >= 0.6 is 0 Å². The number of carbonyl (C=O) groups excluding carboxylic acids is 1. The molecule has 0 unspecified atom stereocenters. The van der Waals surface area contributed by atoms with Gasteiger partial charge >= 0.3 is 0 Å². The predicted octanol–water partition coefficient (Wildman–Crippen LogP) is 2.29. The minimum absolute atomic E-state index is 0.123. The van der Waals surface area contributed by atoms with Crippen molar-refractivity contribution in [1.29, 1.82) is 0 Å². The Morgan fingerprint density at radius 2 is 1.77 bits per heavy atom. The molecule has 3 aromatic rings. The van der Waals surface area contributed by atoms with Gasteiger partial charge < -0.3 is 5.32 Å². The van der Waals surface area contributed by atoms with Crippen molar-refractivity contribution >= 4 is 21.6 Å². The van der Waals surface area contributed by atoms with Crippen molar-refractivity contribution in [3.05, 3.63) is 59.4 Å². The first-order chi connectivity index (χ1) is 14.8. The van der Waals surface area contributed by atoms with Gasteiger partial charge in [-0.3, -0.25) is 4.79 Å². The number of anilines is 1. The second-order valence-corrected chi connectivity index (χ2v) is 8.92. The zero-order valence-electron chi connectivity index (χ0n) is 16.4. The normalized spacial score (nSPS) is 14.7. The van der Waals surface area contributed by atoms with Crippen LogP contribution in [0.2, 0.25) is 0 Å². The molecule has 12 heteroatoms. The summed E-state index contributed by atoms with van der Waals surface area (Å²) in [6.07, 6.45) is 1.38. The van der Waals surface area contributed by atoms with Gasteiger partial charge in [-0.15, -0.1) is 5.10 Å². The van der Waals surface area contributed by atoms with E-state index in [-0.39, 0.29) is 11.3 Å². The number of nitrogens with one attached hydrogen (secondary N) is 1. The molecule has 2 heterocycles. The van der Waals surface area contributed by atoms with Crippen molar-refractivity contribution in [1.82, 2.24) is 24.5 Å². The first kappa shape index (κ1) is 21.0. The van der Waals surface area contributed by atoms with Gasteiger partial charge in [-0.2, -0.15) is 8.99 Å². The molecule has 1 amide bonds. The van der Waals surface area contributed by atoms with Crippen LogP contribution in [0.15, 0.2) is 41.3 Å². The Morgan fingerprint density at radius 3 is 2.45 bits per heavy atom. The van der Waals surface area contributed by atoms with E-state index in [1.165, 1.54) is 21.1 Å². The Labute approximate surface area is 176 Å². The van der Waals surface area contributed by atoms with Crippen LogP contribution < -0.4 is 5.32 Å².